The van der Waals surface area contributed by atoms with Crippen LogP contribution in [0.1, 0.15) is 15.2 Å². The fourth-order valence-electron chi connectivity index (χ4n) is 1.05. The van der Waals surface area contributed by atoms with Crippen molar-refractivity contribution in [3.63, 3.8) is 0 Å². The molecule has 78 valence electrons. The molecule has 0 spiro atoms. The predicted octanol–water partition coefficient (Wildman–Crippen LogP) is 2.74. The summed E-state index contributed by atoms with van der Waals surface area (Å²) in [5.74, 6) is 0.319. The van der Waals surface area contributed by atoms with Crippen molar-refractivity contribution in [2.75, 3.05) is 7.11 Å². The van der Waals surface area contributed by atoms with Crippen LogP contribution in [0.15, 0.2) is 27.5 Å². The third kappa shape index (κ3) is 1.95. The second-order valence-corrected chi connectivity index (χ2v) is 4.20. The third-order valence-corrected chi connectivity index (χ3v) is 3.17. The Balaban J connectivity index is 2.32. The van der Waals surface area contributed by atoms with Gasteiger partial charge in [0.05, 0.1) is 23.8 Å². The average molecular weight is 288 g/mol. The van der Waals surface area contributed by atoms with Gasteiger partial charge in [0.25, 0.3) is 0 Å². The van der Waals surface area contributed by atoms with E-state index in [1.807, 2.05) is 0 Å². The van der Waals surface area contributed by atoms with Crippen LogP contribution in [0.25, 0.3) is 0 Å². The van der Waals surface area contributed by atoms with E-state index in [-0.39, 0.29) is 5.78 Å². The fourth-order valence-corrected chi connectivity index (χ4v) is 2.13. The van der Waals surface area contributed by atoms with E-state index in [0.717, 1.165) is 11.5 Å². The lowest BCUT2D eigenvalue weighted by Gasteiger charge is -1.92. The van der Waals surface area contributed by atoms with Crippen molar-refractivity contribution in [3.8, 4) is 5.88 Å². The molecule has 0 N–H and O–H groups in total. The number of hydrogen-bond donors (Lipinski definition) is 0. The van der Waals surface area contributed by atoms with Crippen LogP contribution in [0.5, 0.6) is 5.88 Å². The summed E-state index contributed by atoms with van der Waals surface area (Å²) in [6.07, 6.45) is 1.45. The van der Waals surface area contributed by atoms with E-state index in [9.17, 15) is 4.79 Å². The van der Waals surface area contributed by atoms with Crippen molar-refractivity contribution in [3.05, 3.63) is 33.5 Å². The molecule has 0 amide bonds. The van der Waals surface area contributed by atoms with Gasteiger partial charge in [0.15, 0.2) is 4.67 Å². The summed E-state index contributed by atoms with van der Waals surface area (Å²) in [5, 5.41) is 0. The Morgan fingerprint density at radius 1 is 1.67 bits per heavy atom. The lowest BCUT2D eigenvalue weighted by Crippen LogP contribution is -1.96. The topological polar surface area (TPSA) is 52.3 Å². The molecule has 0 bridgehead atoms. The molecular formula is C9H6BrNO3S. The van der Waals surface area contributed by atoms with Crippen molar-refractivity contribution < 1.29 is 13.9 Å². The SMILES string of the molecule is COc1cc(C(=O)c2ccoc2Br)sn1. The Morgan fingerprint density at radius 2 is 2.47 bits per heavy atom. The average Bonchev–Trinajstić information content (AvgIpc) is 2.84. The minimum Gasteiger partial charge on any atom is -0.480 e. The van der Waals surface area contributed by atoms with Crippen LogP contribution in [0.3, 0.4) is 0 Å². The monoisotopic (exact) mass is 287 g/mol. The number of furan rings is 1. The van der Waals surface area contributed by atoms with Gasteiger partial charge in [-0.05, 0) is 33.5 Å². The Morgan fingerprint density at radius 3 is 3.00 bits per heavy atom. The van der Waals surface area contributed by atoms with E-state index >= 15 is 0 Å². The van der Waals surface area contributed by atoms with Crippen LogP contribution >= 0.6 is 27.5 Å². The second kappa shape index (κ2) is 4.16. The van der Waals surface area contributed by atoms with Crippen molar-refractivity contribution in [2.24, 2.45) is 0 Å². The molecule has 0 fully saturated rings. The van der Waals surface area contributed by atoms with Gasteiger partial charge in [0.2, 0.25) is 11.7 Å². The molecule has 0 aromatic carbocycles. The molecule has 0 radical (unpaired) electrons. The molecule has 4 nitrogen and oxygen atoms in total. The van der Waals surface area contributed by atoms with Gasteiger partial charge in [-0.1, -0.05) is 0 Å². The minimum absolute atomic E-state index is 0.128. The number of nitrogens with zero attached hydrogens (tertiary/aromatic N) is 1. The van der Waals surface area contributed by atoms with Crippen molar-refractivity contribution >= 4 is 33.2 Å². The van der Waals surface area contributed by atoms with E-state index in [4.69, 9.17) is 9.15 Å². The zero-order valence-electron chi connectivity index (χ0n) is 7.69. The van der Waals surface area contributed by atoms with Gasteiger partial charge in [0.1, 0.15) is 0 Å². The van der Waals surface area contributed by atoms with Gasteiger partial charge in [-0.25, -0.2) is 0 Å². The first kappa shape index (κ1) is 10.4. The predicted molar refractivity (Wildman–Crippen MR) is 58.5 cm³/mol. The van der Waals surface area contributed by atoms with Crippen molar-refractivity contribution in [1.82, 2.24) is 4.37 Å². The quantitative estimate of drug-likeness (QED) is 0.815. The zero-order chi connectivity index (χ0) is 10.8. The molecule has 2 heterocycles. The van der Waals surface area contributed by atoms with Crippen LogP contribution in [-0.2, 0) is 0 Å². The van der Waals surface area contributed by atoms with Crippen LogP contribution in [0.2, 0.25) is 0 Å². The molecule has 2 rings (SSSR count). The van der Waals surface area contributed by atoms with E-state index in [1.165, 1.54) is 13.4 Å². The van der Waals surface area contributed by atoms with Crippen LogP contribution < -0.4 is 4.74 Å². The molecule has 6 heteroatoms. The largest absolute Gasteiger partial charge is 0.480 e. The molecule has 2 aromatic heterocycles. The number of hydrogen-bond acceptors (Lipinski definition) is 5. The van der Waals surface area contributed by atoms with Gasteiger partial charge in [-0.3, -0.25) is 4.79 Å². The highest BCUT2D eigenvalue weighted by molar-refractivity contribution is 9.10. The maximum atomic E-state index is 11.9. The highest BCUT2D eigenvalue weighted by atomic mass is 79.9. The first-order valence-corrected chi connectivity index (χ1v) is 5.57. The van der Waals surface area contributed by atoms with Gasteiger partial charge in [0, 0.05) is 6.07 Å². The number of aromatic nitrogens is 1. The molecule has 0 unspecified atom stereocenters. The molecule has 2 aromatic rings. The lowest BCUT2D eigenvalue weighted by molar-refractivity contribution is 0.104. The van der Waals surface area contributed by atoms with E-state index < -0.39 is 0 Å². The van der Waals surface area contributed by atoms with Gasteiger partial charge >= 0.3 is 0 Å². The first-order chi connectivity index (χ1) is 7.22. The van der Waals surface area contributed by atoms with Crippen molar-refractivity contribution in [2.45, 2.75) is 0 Å². The number of ketones is 1. The van der Waals surface area contributed by atoms with Crippen molar-refractivity contribution in [1.29, 1.82) is 0 Å². The number of halogens is 1. The molecular weight excluding hydrogens is 282 g/mol. The van der Waals surface area contributed by atoms with Crippen LogP contribution in [-0.4, -0.2) is 17.3 Å². The number of methoxy groups -OCH3 is 1. The summed E-state index contributed by atoms with van der Waals surface area (Å²) in [6, 6.07) is 3.21. The van der Waals surface area contributed by atoms with Crippen LogP contribution in [0.4, 0.5) is 0 Å². The van der Waals surface area contributed by atoms with Crippen LogP contribution in [0, 0.1) is 0 Å². The molecule has 0 atom stereocenters. The highest BCUT2D eigenvalue weighted by Crippen LogP contribution is 2.24. The summed E-state index contributed by atoms with van der Waals surface area (Å²) >= 11 is 4.26. The Labute approximate surface area is 98.2 Å². The molecule has 0 aliphatic rings. The zero-order valence-corrected chi connectivity index (χ0v) is 10.1. The summed E-state index contributed by atoms with van der Waals surface area (Å²) in [4.78, 5) is 12.4. The first-order valence-electron chi connectivity index (χ1n) is 4.00. The normalized spacial score (nSPS) is 10.3. The molecule has 0 aliphatic heterocycles. The number of carbonyl (C=O) groups is 1. The molecule has 0 saturated heterocycles. The van der Waals surface area contributed by atoms with E-state index in [0.29, 0.717) is 21.0 Å². The lowest BCUT2D eigenvalue weighted by atomic mass is 10.2. The van der Waals surface area contributed by atoms with Gasteiger partial charge in [-0.15, -0.1) is 0 Å². The van der Waals surface area contributed by atoms with Gasteiger partial charge < -0.3 is 9.15 Å². The molecule has 15 heavy (non-hydrogen) atoms. The maximum absolute atomic E-state index is 11.9. The minimum atomic E-state index is -0.128. The van der Waals surface area contributed by atoms with Gasteiger partial charge in [-0.2, -0.15) is 4.37 Å². The summed E-state index contributed by atoms with van der Waals surface area (Å²) < 4.78 is 14.3. The number of ether oxygens (including phenoxy) is 1. The maximum Gasteiger partial charge on any atom is 0.225 e. The van der Waals surface area contributed by atoms with E-state index in [1.54, 1.807) is 12.1 Å². The molecule has 0 aliphatic carbocycles. The third-order valence-electron chi connectivity index (χ3n) is 1.78. The Bertz CT molecular complexity index is 491. The molecule has 0 saturated carbocycles. The summed E-state index contributed by atoms with van der Waals surface area (Å²) in [6.45, 7) is 0. The standard InChI is InChI=1S/C9H6BrNO3S/c1-13-7-4-6(15-11-7)8(12)5-2-3-14-9(5)10/h2-4H,1H3. The van der Waals surface area contributed by atoms with E-state index in [2.05, 4.69) is 20.3 Å². The number of carbonyl (C=O) groups excluding carboxylic acids is 1. The fraction of sp³-hybridized carbons (Fsp3) is 0.111. The summed E-state index contributed by atoms with van der Waals surface area (Å²) in [7, 11) is 1.51. The highest BCUT2D eigenvalue weighted by Gasteiger charge is 2.17. The summed E-state index contributed by atoms with van der Waals surface area (Å²) in [5.41, 5.74) is 0.487. The second-order valence-electron chi connectivity index (χ2n) is 2.67. The smallest absolute Gasteiger partial charge is 0.225 e. The Kier molecular flexibility index (Phi) is 2.88. The number of rotatable bonds is 3. The Hall–Kier alpha value is -1.14.